The van der Waals surface area contributed by atoms with Crippen molar-refractivity contribution in [2.45, 2.75) is 19.4 Å². The zero-order valence-electron chi connectivity index (χ0n) is 10.8. The van der Waals surface area contributed by atoms with Crippen LogP contribution in [0.25, 0.3) is 10.2 Å². The van der Waals surface area contributed by atoms with E-state index in [4.69, 9.17) is 11.6 Å². The molecule has 1 unspecified atom stereocenters. The number of carbonyl (C=O) groups is 2. The van der Waals surface area contributed by atoms with Crippen LogP contribution in [0.4, 0.5) is 5.82 Å². The maximum absolute atomic E-state index is 11.9. The largest absolute Gasteiger partial charge is 0.357 e. The van der Waals surface area contributed by atoms with Crippen molar-refractivity contribution in [2.75, 3.05) is 12.4 Å². The van der Waals surface area contributed by atoms with E-state index < -0.39 is 6.04 Å². The first-order valence-electron chi connectivity index (χ1n) is 5.96. The Morgan fingerprint density at radius 2 is 2.20 bits per heavy atom. The van der Waals surface area contributed by atoms with Gasteiger partial charge in [0, 0.05) is 11.9 Å². The third kappa shape index (κ3) is 2.12. The highest BCUT2D eigenvalue weighted by Gasteiger charge is 2.36. The number of aryl methyl sites for hydroxylation is 1. The average molecular weight is 311 g/mol. The third-order valence-electron chi connectivity index (χ3n) is 3.18. The zero-order chi connectivity index (χ0) is 14.4. The number of halogens is 1. The number of likely N-dealkylation sites (tertiary alicyclic amines) is 1. The summed E-state index contributed by atoms with van der Waals surface area (Å²) in [4.78, 5) is 34.7. The van der Waals surface area contributed by atoms with Crippen LogP contribution < -0.4 is 5.32 Å². The van der Waals surface area contributed by atoms with E-state index in [2.05, 4.69) is 15.3 Å². The fourth-order valence-corrected chi connectivity index (χ4v) is 3.26. The topological polar surface area (TPSA) is 75.2 Å². The van der Waals surface area contributed by atoms with Gasteiger partial charge < -0.3 is 5.32 Å². The quantitative estimate of drug-likeness (QED) is 0.676. The van der Waals surface area contributed by atoms with E-state index in [1.54, 1.807) is 0 Å². The summed E-state index contributed by atoms with van der Waals surface area (Å²) in [6, 6.07) is 1.34. The lowest BCUT2D eigenvalue weighted by Gasteiger charge is -2.12. The van der Waals surface area contributed by atoms with Crippen LogP contribution in [0.1, 0.15) is 11.3 Å². The molecule has 3 heterocycles. The molecule has 0 saturated carbocycles. The molecule has 20 heavy (non-hydrogen) atoms. The van der Waals surface area contributed by atoms with Gasteiger partial charge in [-0.05, 0) is 24.6 Å². The minimum atomic E-state index is -0.595. The smallest absolute Gasteiger partial charge is 0.251 e. The molecule has 2 aromatic heterocycles. The number of hydrogen-bond acceptors (Lipinski definition) is 6. The Balaban J connectivity index is 1.99. The summed E-state index contributed by atoms with van der Waals surface area (Å²) in [5, 5.41) is 3.94. The highest BCUT2D eigenvalue weighted by molar-refractivity contribution is 7.18. The number of amides is 2. The monoisotopic (exact) mass is 310 g/mol. The molecule has 0 bridgehead atoms. The molecule has 0 aliphatic carbocycles. The van der Waals surface area contributed by atoms with Crippen molar-refractivity contribution in [3.63, 3.8) is 0 Å². The number of imide groups is 1. The Labute approximate surface area is 123 Å². The van der Waals surface area contributed by atoms with Gasteiger partial charge in [-0.25, -0.2) is 9.97 Å². The molecule has 1 fully saturated rings. The third-order valence-corrected chi connectivity index (χ3v) is 4.29. The van der Waals surface area contributed by atoms with Gasteiger partial charge in [-0.3, -0.25) is 14.5 Å². The van der Waals surface area contributed by atoms with Gasteiger partial charge in [-0.15, -0.1) is 11.3 Å². The van der Waals surface area contributed by atoms with Crippen LogP contribution in [-0.2, 0) is 9.59 Å². The van der Waals surface area contributed by atoms with Crippen molar-refractivity contribution >= 4 is 50.8 Å². The fourth-order valence-electron chi connectivity index (χ4n) is 2.16. The molecule has 1 aliphatic rings. The summed E-state index contributed by atoms with van der Waals surface area (Å²) >= 11 is 7.40. The predicted octanol–water partition coefficient (Wildman–Crippen LogP) is 1.82. The molecule has 0 radical (unpaired) electrons. The Morgan fingerprint density at radius 1 is 1.45 bits per heavy atom. The number of carbonyl (C=O) groups excluding carboxylic acids is 2. The Hall–Kier alpha value is -1.73. The molecule has 8 heteroatoms. The van der Waals surface area contributed by atoms with E-state index in [-0.39, 0.29) is 23.5 Å². The second kappa shape index (κ2) is 4.68. The number of thiophene rings is 1. The Morgan fingerprint density at radius 3 is 2.85 bits per heavy atom. The second-order valence-electron chi connectivity index (χ2n) is 4.61. The molecule has 1 aliphatic heterocycles. The van der Waals surface area contributed by atoms with Crippen LogP contribution in [0.15, 0.2) is 6.07 Å². The molecule has 1 N–H and O–H groups in total. The Bertz CT molecular complexity index is 730. The van der Waals surface area contributed by atoms with Crippen LogP contribution in [0.3, 0.4) is 0 Å². The number of nitrogens with zero attached hydrogens (tertiary/aromatic N) is 3. The summed E-state index contributed by atoms with van der Waals surface area (Å²) < 4.78 is 0. The van der Waals surface area contributed by atoms with Crippen molar-refractivity contribution < 1.29 is 9.59 Å². The van der Waals surface area contributed by atoms with Gasteiger partial charge in [0.05, 0.1) is 11.8 Å². The van der Waals surface area contributed by atoms with Crippen LogP contribution in [-0.4, -0.2) is 39.8 Å². The lowest BCUT2D eigenvalue weighted by atomic mass is 10.2. The standard InChI is InChI=1S/C12H11ClN4O2S/c1-5-3-6-9(15-12(13)16-10(6)20-5)14-7-4-8(18)17(2)11(7)19/h3,7H,4H2,1-2H3,(H,14,15,16). The highest BCUT2D eigenvalue weighted by Crippen LogP contribution is 2.30. The first kappa shape index (κ1) is 13.3. The van der Waals surface area contributed by atoms with E-state index >= 15 is 0 Å². The SMILES string of the molecule is Cc1cc2c(NC3CC(=O)N(C)C3=O)nc(Cl)nc2s1. The number of hydrogen-bond donors (Lipinski definition) is 1. The van der Waals surface area contributed by atoms with E-state index in [1.165, 1.54) is 18.4 Å². The van der Waals surface area contributed by atoms with E-state index in [1.807, 2.05) is 13.0 Å². The fraction of sp³-hybridized carbons (Fsp3) is 0.333. The van der Waals surface area contributed by atoms with Crippen molar-refractivity contribution in [3.05, 3.63) is 16.2 Å². The van der Waals surface area contributed by atoms with Crippen LogP contribution in [0.5, 0.6) is 0 Å². The van der Waals surface area contributed by atoms with Crippen LogP contribution >= 0.6 is 22.9 Å². The maximum Gasteiger partial charge on any atom is 0.251 e. The van der Waals surface area contributed by atoms with E-state index in [9.17, 15) is 9.59 Å². The molecule has 0 spiro atoms. The molecule has 6 nitrogen and oxygen atoms in total. The van der Waals surface area contributed by atoms with Gasteiger partial charge in [0.2, 0.25) is 11.2 Å². The van der Waals surface area contributed by atoms with Gasteiger partial charge in [0.1, 0.15) is 16.7 Å². The summed E-state index contributed by atoms with van der Waals surface area (Å²) in [5.41, 5.74) is 0. The molecule has 3 rings (SSSR count). The Kier molecular flexibility index (Phi) is 3.10. The van der Waals surface area contributed by atoms with Crippen molar-refractivity contribution in [2.24, 2.45) is 0 Å². The lowest BCUT2D eigenvalue weighted by molar-refractivity contribution is -0.136. The van der Waals surface area contributed by atoms with E-state index in [0.717, 1.165) is 20.0 Å². The summed E-state index contributed by atoms with van der Waals surface area (Å²) in [7, 11) is 1.48. The van der Waals surface area contributed by atoms with Gasteiger partial charge in [0.15, 0.2) is 0 Å². The molecule has 2 amide bonds. The number of likely N-dealkylation sites (N-methyl/N-ethyl adjacent to an activating group) is 1. The first-order valence-corrected chi connectivity index (χ1v) is 7.16. The predicted molar refractivity (Wildman–Crippen MR) is 77.0 cm³/mol. The second-order valence-corrected chi connectivity index (χ2v) is 6.18. The van der Waals surface area contributed by atoms with Crippen molar-refractivity contribution in [1.29, 1.82) is 0 Å². The lowest BCUT2D eigenvalue weighted by Crippen LogP contribution is -2.32. The number of aromatic nitrogens is 2. The minimum absolute atomic E-state index is 0.118. The number of nitrogens with one attached hydrogen (secondary N) is 1. The molecule has 1 saturated heterocycles. The molecular weight excluding hydrogens is 300 g/mol. The molecule has 1 atom stereocenters. The van der Waals surface area contributed by atoms with Gasteiger partial charge in [-0.1, -0.05) is 0 Å². The van der Waals surface area contributed by atoms with Crippen LogP contribution in [0, 0.1) is 6.92 Å². The van der Waals surface area contributed by atoms with E-state index in [0.29, 0.717) is 5.82 Å². The number of rotatable bonds is 2. The molecule has 0 aromatic carbocycles. The highest BCUT2D eigenvalue weighted by atomic mass is 35.5. The normalized spacial score (nSPS) is 19.1. The van der Waals surface area contributed by atoms with Gasteiger partial charge >= 0.3 is 0 Å². The number of fused-ring (bicyclic) bond motifs is 1. The van der Waals surface area contributed by atoms with Crippen molar-refractivity contribution in [3.8, 4) is 0 Å². The minimum Gasteiger partial charge on any atom is -0.357 e. The van der Waals surface area contributed by atoms with Gasteiger partial charge in [0.25, 0.3) is 5.91 Å². The molecule has 104 valence electrons. The maximum atomic E-state index is 11.9. The van der Waals surface area contributed by atoms with Crippen molar-refractivity contribution in [1.82, 2.24) is 14.9 Å². The van der Waals surface area contributed by atoms with Crippen LogP contribution in [0.2, 0.25) is 5.28 Å². The number of anilines is 1. The first-order chi connectivity index (χ1) is 9.45. The van der Waals surface area contributed by atoms with Gasteiger partial charge in [-0.2, -0.15) is 0 Å². The summed E-state index contributed by atoms with van der Waals surface area (Å²) in [6.07, 6.45) is 0.127. The molecular formula is C12H11ClN4O2S. The summed E-state index contributed by atoms with van der Waals surface area (Å²) in [5.74, 6) is 0.0287. The molecule has 2 aromatic rings. The zero-order valence-corrected chi connectivity index (χ0v) is 12.4. The average Bonchev–Trinajstić information content (AvgIpc) is 2.85. The summed E-state index contributed by atoms with van der Waals surface area (Å²) in [6.45, 7) is 1.96.